The number of fused-ring (bicyclic) bond motifs is 2. The number of para-hydroxylation sites is 2. The fourth-order valence-electron chi connectivity index (χ4n) is 2.84. The zero-order valence-corrected chi connectivity index (χ0v) is 15.0. The van der Waals surface area contributed by atoms with Crippen LogP contribution in [0.15, 0.2) is 36.4 Å². The Balaban J connectivity index is 1.73. The minimum atomic E-state index is -3.65. The lowest BCUT2D eigenvalue weighted by Gasteiger charge is -2.10. The molecule has 0 spiro atoms. The van der Waals surface area contributed by atoms with E-state index in [-0.39, 0.29) is 11.3 Å². The molecule has 0 fully saturated rings. The second-order valence-corrected chi connectivity index (χ2v) is 6.49. The third-order valence-corrected chi connectivity index (χ3v) is 4.28. The Hall–Kier alpha value is -3.07. The molecule has 0 aliphatic carbocycles. The molecule has 0 unspecified atom stereocenters. The highest BCUT2D eigenvalue weighted by atomic mass is 35.5. The van der Waals surface area contributed by atoms with E-state index in [4.69, 9.17) is 11.6 Å². The summed E-state index contributed by atoms with van der Waals surface area (Å²) in [5.41, 5.74) is 1.34. The molecule has 4 aromatic rings. The van der Waals surface area contributed by atoms with Gasteiger partial charge in [-0.2, -0.15) is 13.9 Å². The maximum absolute atomic E-state index is 13.7. The van der Waals surface area contributed by atoms with Crippen molar-refractivity contribution in [3.05, 3.63) is 53.5 Å². The van der Waals surface area contributed by atoms with Crippen molar-refractivity contribution in [2.45, 2.75) is 12.3 Å². The summed E-state index contributed by atoms with van der Waals surface area (Å²) in [5.74, 6) is -0.286. The molecule has 0 radical (unpaired) electrons. The monoisotopic (exact) mass is 390 g/mol. The molecule has 0 atom stereocenters. The van der Waals surface area contributed by atoms with E-state index in [0.29, 0.717) is 17.2 Å². The predicted molar refractivity (Wildman–Crippen MR) is 96.1 cm³/mol. The van der Waals surface area contributed by atoms with Gasteiger partial charge in [-0.1, -0.05) is 12.1 Å². The molecule has 4 rings (SSSR count). The largest absolute Gasteiger partial charge is 0.364 e. The first-order chi connectivity index (χ1) is 12.7. The van der Waals surface area contributed by atoms with Crippen molar-refractivity contribution in [3.8, 4) is 0 Å². The average molecular weight is 391 g/mol. The van der Waals surface area contributed by atoms with Gasteiger partial charge in [-0.15, -0.1) is 0 Å². The number of halogens is 3. The van der Waals surface area contributed by atoms with Gasteiger partial charge in [-0.3, -0.25) is 10.1 Å². The van der Waals surface area contributed by atoms with Gasteiger partial charge < -0.3 is 4.57 Å². The Bertz CT molecular complexity index is 1190. The van der Waals surface area contributed by atoms with Crippen LogP contribution in [-0.2, 0) is 12.4 Å². The third kappa shape index (κ3) is 2.99. The van der Waals surface area contributed by atoms with Crippen LogP contribution in [0.5, 0.6) is 0 Å². The second kappa shape index (κ2) is 5.98. The van der Waals surface area contributed by atoms with Crippen molar-refractivity contribution in [1.82, 2.24) is 24.1 Å². The van der Waals surface area contributed by atoms with Crippen molar-refractivity contribution in [3.63, 3.8) is 0 Å². The van der Waals surface area contributed by atoms with E-state index in [2.05, 4.69) is 20.4 Å². The van der Waals surface area contributed by atoms with Gasteiger partial charge in [-0.25, -0.2) is 14.5 Å². The highest BCUT2D eigenvalue weighted by molar-refractivity contribution is 6.21. The predicted octanol–water partition coefficient (Wildman–Crippen LogP) is 3.46. The molecule has 7 nitrogen and oxygen atoms in total. The van der Waals surface area contributed by atoms with Crippen LogP contribution < -0.4 is 5.32 Å². The number of hydrogen-bond donors (Lipinski definition) is 1. The standard InChI is InChI=1S/C17H13ClF2N6O/c1-9-7-13(17(18,19)20)26-14(21-9)8-11(24-26)15(27)23-16-22-10-5-3-4-6-12(10)25(16)2/h3-8H,1-2H3,(H,22,23,27). The van der Waals surface area contributed by atoms with Gasteiger partial charge in [0.2, 0.25) is 5.95 Å². The van der Waals surface area contributed by atoms with Crippen molar-refractivity contribution < 1.29 is 13.6 Å². The number of carbonyl (C=O) groups excluding carboxylic acids is 1. The SMILES string of the molecule is Cc1cc(C(F)(F)Cl)n2nc(C(=O)Nc3nc4ccccc4n3C)cc2n1. The summed E-state index contributed by atoms with van der Waals surface area (Å²) in [6, 6.07) is 9.82. The van der Waals surface area contributed by atoms with Crippen molar-refractivity contribution in [2.24, 2.45) is 7.05 Å². The summed E-state index contributed by atoms with van der Waals surface area (Å²) in [7, 11) is 1.76. The third-order valence-electron chi connectivity index (χ3n) is 4.09. The van der Waals surface area contributed by atoms with Crippen LogP contribution in [0.4, 0.5) is 14.7 Å². The highest BCUT2D eigenvalue weighted by Gasteiger charge is 2.32. The molecule has 0 bridgehead atoms. The molecule has 138 valence electrons. The summed E-state index contributed by atoms with van der Waals surface area (Å²) < 4.78 is 29.9. The van der Waals surface area contributed by atoms with Gasteiger partial charge in [0.05, 0.1) is 11.0 Å². The molecule has 0 saturated carbocycles. The fraction of sp³-hybridized carbons (Fsp3) is 0.176. The second-order valence-electron chi connectivity index (χ2n) is 6.02. The number of aromatic nitrogens is 5. The number of benzene rings is 1. The number of amides is 1. The zero-order valence-electron chi connectivity index (χ0n) is 14.2. The molecule has 0 saturated heterocycles. The Morgan fingerprint density at radius 1 is 1.22 bits per heavy atom. The van der Waals surface area contributed by atoms with Crippen molar-refractivity contribution >= 4 is 40.1 Å². The number of aryl methyl sites for hydroxylation is 2. The minimum absolute atomic E-state index is 0.0812. The van der Waals surface area contributed by atoms with Gasteiger partial charge >= 0.3 is 5.38 Å². The molecule has 0 aliphatic rings. The number of alkyl halides is 3. The summed E-state index contributed by atoms with van der Waals surface area (Å²) in [5, 5.41) is 2.93. The first-order valence-electron chi connectivity index (χ1n) is 7.91. The molecule has 3 aromatic heterocycles. The lowest BCUT2D eigenvalue weighted by Crippen LogP contribution is -2.17. The average Bonchev–Trinajstić information content (AvgIpc) is 3.15. The van der Waals surface area contributed by atoms with Gasteiger partial charge in [0.25, 0.3) is 5.91 Å². The van der Waals surface area contributed by atoms with Gasteiger partial charge in [0, 0.05) is 18.8 Å². The quantitative estimate of drug-likeness (QED) is 0.543. The van der Waals surface area contributed by atoms with Crippen LogP contribution in [0.1, 0.15) is 21.9 Å². The highest BCUT2D eigenvalue weighted by Crippen LogP contribution is 2.32. The lowest BCUT2D eigenvalue weighted by atomic mass is 10.3. The Kier molecular flexibility index (Phi) is 3.84. The van der Waals surface area contributed by atoms with Gasteiger partial charge in [0.1, 0.15) is 5.69 Å². The number of anilines is 1. The fourth-order valence-corrected chi connectivity index (χ4v) is 2.97. The summed E-state index contributed by atoms with van der Waals surface area (Å²) in [4.78, 5) is 21.0. The molecule has 1 N–H and O–H groups in total. The first-order valence-corrected chi connectivity index (χ1v) is 8.29. The van der Waals surface area contributed by atoms with Crippen molar-refractivity contribution in [2.75, 3.05) is 5.32 Å². The Morgan fingerprint density at radius 2 is 1.96 bits per heavy atom. The lowest BCUT2D eigenvalue weighted by molar-refractivity contribution is 0.0868. The van der Waals surface area contributed by atoms with Crippen LogP contribution in [0.25, 0.3) is 16.7 Å². The van der Waals surface area contributed by atoms with E-state index in [1.807, 2.05) is 24.3 Å². The normalized spacial score (nSPS) is 12.0. The minimum Gasteiger partial charge on any atom is -0.313 e. The van der Waals surface area contributed by atoms with Gasteiger partial charge in [-0.05, 0) is 36.7 Å². The molecule has 0 aliphatic heterocycles. The van der Waals surface area contributed by atoms with Crippen LogP contribution >= 0.6 is 11.6 Å². The smallest absolute Gasteiger partial charge is 0.313 e. The Morgan fingerprint density at radius 3 is 2.67 bits per heavy atom. The number of hydrogen-bond acceptors (Lipinski definition) is 4. The van der Waals surface area contributed by atoms with Crippen LogP contribution in [-0.4, -0.2) is 30.1 Å². The van der Waals surface area contributed by atoms with E-state index in [1.54, 1.807) is 18.5 Å². The Labute approximate surface area is 156 Å². The summed E-state index contributed by atoms with van der Waals surface area (Å²) >= 11 is 5.16. The molecule has 1 amide bonds. The number of nitrogens with zero attached hydrogens (tertiary/aromatic N) is 5. The number of carbonyl (C=O) groups is 1. The van der Waals surface area contributed by atoms with E-state index in [0.717, 1.165) is 16.1 Å². The molecule has 10 heteroatoms. The van der Waals surface area contributed by atoms with Crippen molar-refractivity contribution in [1.29, 1.82) is 0 Å². The topological polar surface area (TPSA) is 77.1 Å². The van der Waals surface area contributed by atoms with E-state index < -0.39 is 17.0 Å². The molecular weight excluding hydrogens is 378 g/mol. The van der Waals surface area contributed by atoms with Crippen LogP contribution in [0, 0.1) is 6.92 Å². The molecule has 1 aromatic carbocycles. The van der Waals surface area contributed by atoms with E-state index in [1.165, 1.54) is 6.07 Å². The van der Waals surface area contributed by atoms with Crippen LogP contribution in [0.3, 0.4) is 0 Å². The molecule has 3 heterocycles. The van der Waals surface area contributed by atoms with E-state index >= 15 is 0 Å². The first kappa shape index (κ1) is 17.3. The molecule has 27 heavy (non-hydrogen) atoms. The van der Waals surface area contributed by atoms with E-state index in [9.17, 15) is 13.6 Å². The zero-order chi connectivity index (χ0) is 19.3. The molecular formula is C17H13ClF2N6O. The maximum Gasteiger partial charge on any atom is 0.364 e. The number of imidazole rings is 1. The summed E-state index contributed by atoms with van der Waals surface area (Å²) in [6.07, 6.45) is 0. The van der Waals surface area contributed by atoms with Crippen LogP contribution in [0.2, 0.25) is 0 Å². The van der Waals surface area contributed by atoms with Gasteiger partial charge in [0.15, 0.2) is 11.3 Å². The number of rotatable bonds is 3. The number of nitrogens with one attached hydrogen (secondary N) is 1. The maximum atomic E-state index is 13.7. The summed E-state index contributed by atoms with van der Waals surface area (Å²) in [6.45, 7) is 1.55.